The standard InChI is InChI=1S/C17H28N2O/c1-5-10-18-13-16-8-6-7-9-17(16)20-12-11-19(4)14-15(2)3/h6-9,18H,2,5,10-14H2,1,3-4H3. The molecule has 0 aromatic heterocycles. The molecule has 112 valence electrons. The van der Waals surface area contributed by atoms with Crippen molar-refractivity contribution < 1.29 is 4.74 Å². The molecule has 1 aromatic carbocycles. The second-order valence-electron chi connectivity index (χ2n) is 5.33. The largest absolute Gasteiger partial charge is 0.492 e. The van der Waals surface area contributed by atoms with Gasteiger partial charge in [-0.05, 0) is 33.0 Å². The summed E-state index contributed by atoms with van der Waals surface area (Å²) in [5.41, 5.74) is 2.40. The maximum atomic E-state index is 5.91. The fourth-order valence-corrected chi connectivity index (χ4v) is 2.04. The molecular formula is C17H28N2O. The number of benzene rings is 1. The maximum absolute atomic E-state index is 5.91. The molecule has 0 amide bonds. The van der Waals surface area contributed by atoms with E-state index in [1.54, 1.807) is 0 Å². The Balaban J connectivity index is 2.40. The predicted octanol–water partition coefficient (Wildman–Crippen LogP) is 3.07. The Morgan fingerprint density at radius 1 is 1.35 bits per heavy atom. The van der Waals surface area contributed by atoms with Crippen LogP contribution >= 0.6 is 0 Å². The van der Waals surface area contributed by atoms with E-state index in [0.717, 1.165) is 38.3 Å². The Labute approximate surface area is 123 Å². The highest BCUT2D eigenvalue weighted by Gasteiger charge is 2.03. The van der Waals surface area contributed by atoms with E-state index in [4.69, 9.17) is 4.74 Å². The molecule has 0 saturated carbocycles. The second kappa shape index (κ2) is 9.56. The van der Waals surface area contributed by atoms with E-state index in [-0.39, 0.29) is 0 Å². The molecule has 0 bridgehead atoms. The molecule has 0 saturated heterocycles. The molecule has 0 fully saturated rings. The number of likely N-dealkylation sites (N-methyl/N-ethyl adjacent to an activating group) is 1. The maximum Gasteiger partial charge on any atom is 0.123 e. The van der Waals surface area contributed by atoms with Crippen LogP contribution in [0.15, 0.2) is 36.4 Å². The summed E-state index contributed by atoms with van der Waals surface area (Å²) in [7, 11) is 2.09. The molecule has 3 nitrogen and oxygen atoms in total. The minimum Gasteiger partial charge on any atom is -0.492 e. The van der Waals surface area contributed by atoms with Crippen LogP contribution in [0.1, 0.15) is 25.8 Å². The van der Waals surface area contributed by atoms with Gasteiger partial charge in [0.25, 0.3) is 0 Å². The molecule has 20 heavy (non-hydrogen) atoms. The molecular weight excluding hydrogens is 248 g/mol. The van der Waals surface area contributed by atoms with Gasteiger partial charge in [0.2, 0.25) is 0 Å². The van der Waals surface area contributed by atoms with Gasteiger partial charge in [-0.2, -0.15) is 0 Å². The van der Waals surface area contributed by atoms with Gasteiger partial charge in [-0.15, -0.1) is 0 Å². The first-order valence-corrected chi connectivity index (χ1v) is 7.37. The van der Waals surface area contributed by atoms with Gasteiger partial charge >= 0.3 is 0 Å². The van der Waals surface area contributed by atoms with Gasteiger partial charge in [0, 0.05) is 25.2 Å². The quantitative estimate of drug-likeness (QED) is 0.525. The van der Waals surface area contributed by atoms with E-state index in [9.17, 15) is 0 Å². The molecule has 0 unspecified atom stereocenters. The third-order valence-corrected chi connectivity index (χ3v) is 2.99. The lowest BCUT2D eigenvalue weighted by molar-refractivity contribution is 0.245. The molecule has 0 atom stereocenters. The van der Waals surface area contributed by atoms with Gasteiger partial charge in [0.05, 0.1) is 0 Å². The first kappa shape index (κ1) is 16.7. The summed E-state index contributed by atoms with van der Waals surface area (Å²) in [5.74, 6) is 0.986. The number of ether oxygens (including phenoxy) is 1. The molecule has 0 heterocycles. The van der Waals surface area contributed by atoms with Crippen molar-refractivity contribution >= 4 is 0 Å². The average molecular weight is 276 g/mol. The Kier molecular flexibility index (Phi) is 8.00. The molecule has 1 N–H and O–H groups in total. The topological polar surface area (TPSA) is 24.5 Å². The van der Waals surface area contributed by atoms with Crippen molar-refractivity contribution in [2.75, 3.05) is 33.3 Å². The third kappa shape index (κ3) is 6.73. The monoisotopic (exact) mass is 276 g/mol. The minimum absolute atomic E-state index is 0.703. The van der Waals surface area contributed by atoms with E-state index >= 15 is 0 Å². The van der Waals surface area contributed by atoms with Crippen LogP contribution in [0.3, 0.4) is 0 Å². The highest BCUT2D eigenvalue weighted by Crippen LogP contribution is 2.17. The highest BCUT2D eigenvalue weighted by atomic mass is 16.5. The van der Waals surface area contributed by atoms with Crippen LogP contribution in [-0.4, -0.2) is 38.2 Å². The first-order valence-electron chi connectivity index (χ1n) is 7.37. The number of rotatable bonds is 10. The summed E-state index contributed by atoms with van der Waals surface area (Å²) in [5, 5.41) is 3.42. The SMILES string of the molecule is C=C(C)CN(C)CCOc1ccccc1CNCCC. The van der Waals surface area contributed by atoms with Crippen LogP contribution in [0.25, 0.3) is 0 Å². The van der Waals surface area contributed by atoms with E-state index in [2.05, 4.69) is 42.9 Å². The van der Waals surface area contributed by atoms with Gasteiger partial charge in [0.1, 0.15) is 12.4 Å². The lowest BCUT2D eigenvalue weighted by atomic mass is 10.2. The molecule has 0 radical (unpaired) electrons. The van der Waals surface area contributed by atoms with Crippen molar-refractivity contribution in [2.45, 2.75) is 26.8 Å². The molecule has 3 heteroatoms. The molecule has 1 rings (SSSR count). The highest BCUT2D eigenvalue weighted by molar-refractivity contribution is 5.33. The normalized spacial score (nSPS) is 10.8. The number of nitrogens with zero attached hydrogens (tertiary/aromatic N) is 1. The van der Waals surface area contributed by atoms with Crippen LogP contribution < -0.4 is 10.1 Å². The van der Waals surface area contributed by atoms with Crippen LogP contribution in [0, 0.1) is 0 Å². The summed E-state index contributed by atoms with van der Waals surface area (Å²) in [6.07, 6.45) is 1.15. The lowest BCUT2D eigenvalue weighted by Crippen LogP contribution is -2.26. The Morgan fingerprint density at radius 2 is 2.10 bits per heavy atom. The molecule has 1 aromatic rings. The van der Waals surface area contributed by atoms with Gasteiger partial charge in [-0.25, -0.2) is 0 Å². The van der Waals surface area contributed by atoms with Crippen molar-refractivity contribution in [1.29, 1.82) is 0 Å². The number of hydrogen-bond donors (Lipinski definition) is 1. The number of nitrogens with one attached hydrogen (secondary N) is 1. The number of hydrogen-bond acceptors (Lipinski definition) is 3. The second-order valence-corrected chi connectivity index (χ2v) is 5.33. The van der Waals surface area contributed by atoms with Crippen molar-refractivity contribution in [3.05, 3.63) is 42.0 Å². The molecule has 0 aliphatic rings. The average Bonchev–Trinajstić information content (AvgIpc) is 2.40. The van der Waals surface area contributed by atoms with E-state index in [0.29, 0.717) is 6.61 Å². The summed E-state index contributed by atoms with van der Waals surface area (Å²) in [6.45, 7) is 12.6. The van der Waals surface area contributed by atoms with Crippen molar-refractivity contribution in [3.63, 3.8) is 0 Å². The zero-order valence-corrected chi connectivity index (χ0v) is 13.1. The molecule has 0 spiro atoms. The van der Waals surface area contributed by atoms with Gasteiger partial charge < -0.3 is 10.1 Å². The summed E-state index contributed by atoms with van der Waals surface area (Å²) < 4.78 is 5.91. The van der Waals surface area contributed by atoms with Crippen LogP contribution in [0.4, 0.5) is 0 Å². The predicted molar refractivity (Wildman–Crippen MR) is 86.2 cm³/mol. The van der Waals surface area contributed by atoms with Crippen molar-refractivity contribution in [1.82, 2.24) is 10.2 Å². The fraction of sp³-hybridized carbons (Fsp3) is 0.529. The van der Waals surface area contributed by atoms with Crippen LogP contribution in [0.2, 0.25) is 0 Å². The lowest BCUT2D eigenvalue weighted by Gasteiger charge is -2.18. The zero-order valence-electron chi connectivity index (χ0n) is 13.1. The summed E-state index contributed by atoms with van der Waals surface area (Å²) in [4.78, 5) is 2.22. The van der Waals surface area contributed by atoms with Crippen LogP contribution in [-0.2, 0) is 6.54 Å². The molecule has 0 aliphatic heterocycles. The first-order chi connectivity index (χ1) is 9.63. The Bertz CT molecular complexity index is 404. The van der Waals surface area contributed by atoms with Crippen molar-refractivity contribution in [3.8, 4) is 5.75 Å². The summed E-state index contributed by atoms with van der Waals surface area (Å²) in [6, 6.07) is 8.25. The summed E-state index contributed by atoms with van der Waals surface area (Å²) >= 11 is 0. The van der Waals surface area contributed by atoms with E-state index in [1.807, 2.05) is 19.1 Å². The minimum atomic E-state index is 0.703. The third-order valence-electron chi connectivity index (χ3n) is 2.99. The van der Waals surface area contributed by atoms with Gasteiger partial charge in [-0.3, -0.25) is 4.90 Å². The van der Waals surface area contributed by atoms with E-state index in [1.165, 1.54) is 11.1 Å². The zero-order chi connectivity index (χ0) is 14.8. The van der Waals surface area contributed by atoms with Crippen molar-refractivity contribution in [2.24, 2.45) is 0 Å². The molecule has 0 aliphatic carbocycles. The Morgan fingerprint density at radius 3 is 2.80 bits per heavy atom. The smallest absolute Gasteiger partial charge is 0.123 e. The van der Waals surface area contributed by atoms with Crippen LogP contribution in [0.5, 0.6) is 5.75 Å². The van der Waals surface area contributed by atoms with Gasteiger partial charge in [-0.1, -0.05) is 37.3 Å². The van der Waals surface area contributed by atoms with E-state index < -0.39 is 0 Å². The Hall–Kier alpha value is -1.32. The van der Waals surface area contributed by atoms with Gasteiger partial charge in [0.15, 0.2) is 0 Å². The fourth-order valence-electron chi connectivity index (χ4n) is 2.04. The number of para-hydroxylation sites is 1.